The predicted octanol–water partition coefficient (Wildman–Crippen LogP) is 1.80. The maximum Gasteiger partial charge on any atom is 0.320 e. The summed E-state index contributed by atoms with van der Waals surface area (Å²) in [6, 6.07) is 6.99. The minimum absolute atomic E-state index is 0.0307. The minimum atomic E-state index is -0.898. The molecule has 1 aliphatic heterocycles. The molecule has 1 aliphatic rings. The van der Waals surface area contributed by atoms with Gasteiger partial charge in [-0.3, -0.25) is 14.9 Å². The number of nitrogens with one attached hydrogen (secondary N) is 1. The SMILES string of the molecule is CCCC(NC(C)C(=O)N1CCc2ccccc2C1)C(=O)O. The van der Waals surface area contributed by atoms with Crippen LogP contribution in [0.1, 0.15) is 37.8 Å². The maximum atomic E-state index is 12.5. The second-order valence-corrected chi connectivity index (χ2v) is 5.85. The Balaban J connectivity index is 1.98. The molecule has 1 heterocycles. The van der Waals surface area contributed by atoms with Crippen molar-refractivity contribution in [1.29, 1.82) is 0 Å². The van der Waals surface area contributed by atoms with Crippen molar-refractivity contribution < 1.29 is 14.7 Å². The fourth-order valence-electron chi connectivity index (χ4n) is 2.90. The Morgan fingerprint density at radius 1 is 1.32 bits per heavy atom. The van der Waals surface area contributed by atoms with Crippen LogP contribution in [0.3, 0.4) is 0 Å². The summed E-state index contributed by atoms with van der Waals surface area (Å²) < 4.78 is 0. The summed E-state index contributed by atoms with van der Waals surface area (Å²) >= 11 is 0. The van der Waals surface area contributed by atoms with Gasteiger partial charge in [-0.05, 0) is 30.9 Å². The Labute approximate surface area is 131 Å². The zero-order valence-corrected chi connectivity index (χ0v) is 13.2. The Kier molecular flexibility index (Phi) is 5.55. The summed E-state index contributed by atoms with van der Waals surface area (Å²) in [7, 11) is 0. The first kappa shape index (κ1) is 16.5. The lowest BCUT2D eigenvalue weighted by molar-refractivity contribution is -0.141. The lowest BCUT2D eigenvalue weighted by Crippen LogP contribution is -2.51. The van der Waals surface area contributed by atoms with Crippen molar-refractivity contribution in [1.82, 2.24) is 10.2 Å². The van der Waals surface area contributed by atoms with Gasteiger partial charge in [0.05, 0.1) is 6.04 Å². The number of aliphatic carboxylic acids is 1. The zero-order chi connectivity index (χ0) is 16.1. The van der Waals surface area contributed by atoms with Crippen LogP contribution < -0.4 is 5.32 Å². The maximum absolute atomic E-state index is 12.5. The van der Waals surface area contributed by atoms with Crippen LogP contribution in [0.4, 0.5) is 0 Å². The first-order valence-corrected chi connectivity index (χ1v) is 7.87. The van der Waals surface area contributed by atoms with Gasteiger partial charge in [-0.25, -0.2) is 0 Å². The van der Waals surface area contributed by atoms with Gasteiger partial charge in [-0.1, -0.05) is 37.6 Å². The van der Waals surface area contributed by atoms with Crippen molar-refractivity contribution in [2.75, 3.05) is 6.54 Å². The van der Waals surface area contributed by atoms with Crippen molar-refractivity contribution in [3.63, 3.8) is 0 Å². The summed E-state index contributed by atoms with van der Waals surface area (Å²) in [5.74, 6) is -0.928. The van der Waals surface area contributed by atoms with Crippen LogP contribution in [0.5, 0.6) is 0 Å². The molecule has 1 aromatic rings. The number of fused-ring (bicyclic) bond motifs is 1. The molecular formula is C17H24N2O3. The Morgan fingerprint density at radius 2 is 2.00 bits per heavy atom. The molecule has 0 saturated carbocycles. The molecule has 0 aromatic heterocycles. The largest absolute Gasteiger partial charge is 0.480 e. The number of benzene rings is 1. The molecule has 1 aromatic carbocycles. The van der Waals surface area contributed by atoms with E-state index in [2.05, 4.69) is 11.4 Å². The van der Waals surface area contributed by atoms with Crippen LogP contribution in [0.2, 0.25) is 0 Å². The van der Waals surface area contributed by atoms with E-state index in [1.807, 2.05) is 30.0 Å². The molecule has 5 heteroatoms. The molecule has 0 aliphatic carbocycles. The molecule has 2 rings (SSSR count). The fourth-order valence-corrected chi connectivity index (χ4v) is 2.90. The topological polar surface area (TPSA) is 69.6 Å². The Hall–Kier alpha value is -1.88. The third kappa shape index (κ3) is 3.85. The van der Waals surface area contributed by atoms with Gasteiger partial charge in [0.1, 0.15) is 6.04 Å². The van der Waals surface area contributed by atoms with E-state index in [1.54, 1.807) is 6.92 Å². The van der Waals surface area contributed by atoms with E-state index >= 15 is 0 Å². The number of rotatable bonds is 6. The molecule has 2 N–H and O–H groups in total. The summed E-state index contributed by atoms with van der Waals surface area (Å²) in [5, 5.41) is 12.1. The second kappa shape index (κ2) is 7.40. The zero-order valence-electron chi connectivity index (χ0n) is 13.2. The molecular weight excluding hydrogens is 280 g/mol. The predicted molar refractivity (Wildman–Crippen MR) is 84.5 cm³/mol. The van der Waals surface area contributed by atoms with Crippen molar-refractivity contribution in [3.8, 4) is 0 Å². The normalized spacial score (nSPS) is 16.7. The van der Waals surface area contributed by atoms with Crippen LogP contribution in [0.15, 0.2) is 24.3 Å². The van der Waals surface area contributed by atoms with Gasteiger partial charge in [0.2, 0.25) is 5.91 Å². The number of carbonyl (C=O) groups is 2. The highest BCUT2D eigenvalue weighted by atomic mass is 16.4. The van der Waals surface area contributed by atoms with Crippen molar-refractivity contribution in [3.05, 3.63) is 35.4 Å². The number of carboxylic acid groups (broad SMARTS) is 1. The van der Waals surface area contributed by atoms with Gasteiger partial charge in [-0.2, -0.15) is 0 Å². The van der Waals surface area contributed by atoms with E-state index in [0.717, 1.165) is 12.8 Å². The van der Waals surface area contributed by atoms with Gasteiger partial charge in [-0.15, -0.1) is 0 Å². The van der Waals surface area contributed by atoms with E-state index < -0.39 is 18.1 Å². The summed E-state index contributed by atoms with van der Waals surface area (Å²) in [6.45, 7) is 4.97. The number of hydrogen-bond acceptors (Lipinski definition) is 3. The molecule has 120 valence electrons. The number of carboxylic acids is 1. The summed E-state index contributed by atoms with van der Waals surface area (Å²) in [4.78, 5) is 25.6. The quantitative estimate of drug-likeness (QED) is 0.841. The average Bonchev–Trinajstić information content (AvgIpc) is 2.53. The molecule has 0 bridgehead atoms. The van der Waals surface area contributed by atoms with E-state index in [0.29, 0.717) is 19.5 Å². The smallest absolute Gasteiger partial charge is 0.320 e. The number of amides is 1. The first-order valence-electron chi connectivity index (χ1n) is 7.87. The van der Waals surface area contributed by atoms with Gasteiger partial charge in [0.25, 0.3) is 0 Å². The lowest BCUT2D eigenvalue weighted by Gasteiger charge is -2.32. The van der Waals surface area contributed by atoms with Gasteiger partial charge in [0.15, 0.2) is 0 Å². The molecule has 22 heavy (non-hydrogen) atoms. The third-order valence-corrected chi connectivity index (χ3v) is 4.14. The molecule has 1 amide bonds. The molecule has 0 fully saturated rings. The molecule has 0 spiro atoms. The number of nitrogens with zero attached hydrogens (tertiary/aromatic N) is 1. The third-order valence-electron chi connectivity index (χ3n) is 4.14. The second-order valence-electron chi connectivity index (χ2n) is 5.85. The first-order chi connectivity index (χ1) is 10.5. The van der Waals surface area contributed by atoms with Crippen molar-refractivity contribution in [2.45, 2.75) is 51.7 Å². The van der Waals surface area contributed by atoms with E-state index in [1.165, 1.54) is 11.1 Å². The van der Waals surface area contributed by atoms with Gasteiger partial charge < -0.3 is 10.0 Å². The van der Waals surface area contributed by atoms with E-state index in [9.17, 15) is 14.7 Å². The number of hydrogen-bond donors (Lipinski definition) is 2. The van der Waals surface area contributed by atoms with Gasteiger partial charge >= 0.3 is 5.97 Å². The van der Waals surface area contributed by atoms with Crippen molar-refractivity contribution in [2.24, 2.45) is 0 Å². The van der Waals surface area contributed by atoms with Crippen LogP contribution in [-0.2, 0) is 22.6 Å². The molecule has 0 radical (unpaired) electrons. The number of carbonyl (C=O) groups excluding carboxylic acids is 1. The van der Waals surface area contributed by atoms with Crippen LogP contribution >= 0.6 is 0 Å². The average molecular weight is 304 g/mol. The highest BCUT2D eigenvalue weighted by Gasteiger charge is 2.27. The Bertz CT molecular complexity index is 544. The van der Waals surface area contributed by atoms with Gasteiger partial charge in [0, 0.05) is 13.1 Å². The standard InChI is InChI=1S/C17H24N2O3/c1-3-6-15(17(21)22)18-12(2)16(20)19-10-9-13-7-4-5-8-14(13)11-19/h4-5,7-8,12,15,18H,3,6,9-11H2,1-2H3,(H,21,22). The van der Waals surface area contributed by atoms with Crippen molar-refractivity contribution >= 4 is 11.9 Å². The lowest BCUT2D eigenvalue weighted by atomic mass is 9.99. The van der Waals surface area contributed by atoms with E-state index in [-0.39, 0.29) is 5.91 Å². The molecule has 2 atom stereocenters. The highest BCUT2D eigenvalue weighted by Crippen LogP contribution is 2.19. The molecule has 0 saturated heterocycles. The minimum Gasteiger partial charge on any atom is -0.480 e. The van der Waals surface area contributed by atoms with E-state index in [4.69, 9.17) is 0 Å². The summed E-state index contributed by atoms with van der Waals surface area (Å²) in [5.41, 5.74) is 2.47. The van der Waals surface area contributed by atoms with Crippen LogP contribution in [0, 0.1) is 0 Å². The highest BCUT2D eigenvalue weighted by molar-refractivity contribution is 5.83. The monoisotopic (exact) mass is 304 g/mol. The fraction of sp³-hybridized carbons (Fsp3) is 0.529. The molecule has 2 unspecified atom stereocenters. The van der Waals surface area contributed by atoms with Crippen LogP contribution in [0.25, 0.3) is 0 Å². The van der Waals surface area contributed by atoms with Crippen LogP contribution in [-0.4, -0.2) is 40.5 Å². The molecule has 5 nitrogen and oxygen atoms in total. The summed E-state index contributed by atoms with van der Waals surface area (Å²) in [6.07, 6.45) is 2.14. The Morgan fingerprint density at radius 3 is 2.64 bits per heavy atom.